The first-order chi connectivity index (χ1) is 12.5. The Bertz CT molecular complexity index is 679. The molecule has 0 aliphatic rings. The smallest absolute Gasteiger partial charge is 0.128 e. The van der Waals surface area contributed by atoms with Gasteiger partial charge in [-0.25, -0.2) is 0 Å². The third-order valence-electron chi connectivity index (χ3n) is 5.16. The number of ether oxygens (including phenoxy) is 1. The average molecular weight is 369 g/mol. The lowest BCUT2D eigenvalue weighted by atomic mass is 9.92. The van der Waals surface area contributed by atoms with Crippen molar-refractivity contribution in [2.75, 3.05) is 11.5 Å². The van der Waals surface area contributed by atoms with Crippen LogP contribution in [0.15, 0.2) is 24.3 Å². The van der Waals surface area contributed by atoms with E-state index >= 15 is 0 Å². The second-order valence-electron chi connectivity index (χ2n) is 8.75. The Morgan fingerprint density at radius 1 is 0.519 bits per heavy atom. The molecule has 2 aromatic rings. The first kappa shape index (κ1) is 21.1. The van der Waals surface area contributed by atoms with Crippen LogP contribution in [-0.4, -0.2) is 0 Å². The minimum Gasteiger partial charge on any atom is -0.457 e. The van der Waals surface area contributed by atoms with Crippen molar-refractivity contribution in [3.63, 3.8) is 0 Å². The summed E-state index contributed by atoms with van der Waals surface area (Å²) in [6.07, 6.45) is 0. The van der Waals surface area contributed by atoms with E-state index in [9.17, 15) is 0 Å². The summed E-state index contributed by atoms with van der Waals surface area (Å²) in [5.41, 5.74) is 19.2. The number of nitrogens with two attached hydrogens (primary N) is 2. The van der Waals surface area contributed by atoms with Gasteiger partial charge in [0.15, 0.2) is 0 Å². The van der Waals surface area contributed by atoms with Crippen molar-refractivity contribution in [2.45, 2.75) is 79.1 Å². The van der Waals surface area contributed by atoms with Crippen LogP contribution in [0.4, 0.5) is 11.4 Å². The first-order valence-electron chi connectivity index (χ1n) is 10.1. The van der Waals surface area contributed by atoms with Gasteiger partial charge in [0.1, 0.15) is 11.5 Å². The van der Waals surface area contributed by atoms with Crippen LogP contribution in [0.25, 0.3) is 0 Å². The minimum absolute atomic E-state index is 0.343. The second kappa shape index (κ2) is 8.24. The largest absolute Gasteiger partial charge is 0.457 e. The van der Waals surface area contributed by atoms with Crippen LogP contribution in [-0.2, 0) is 0 Å². The van der Waals surface area contributed by atoms with Crippen LogP contribution in [0.2, 0.25) is 0 Å². The predicted molar refractivity (Wildman–Crippen MR) is 118 cm³/mol. The average Bonchev–Trinajstić information content (AvgIpc) is 2.56. The third kappa shape index (κ3) is 4.58. The Hall–Kier alpha value is -2.16. The van der Waals surface area contributed by atoms with E-state index in [1.165, 1.54) is 0 Å². The molecule has 2 rings (SSSR count). The summed E-state index contributed by atoms with van der Waals surface area (Å²) >= 11 is 0. The highest BCUT2D eigenvalue weighted by Crippen LogP contribution is 2.39. The molecule has 0 aliphatic heterocycles. The summed E-state index contributed by atoms with van der Waals surface area (Å²) in [5, 5.41) is 0. The molecule has 0 saturated carbocycles. The Labute approximate surface area is 165 Å². The van der Waals surface area contributed by atoms with E-state index in [0.717, 1.165) is 45.1 Å². The molecule has 0 atom stereocenters. The third-order valence-corrected chi connectivity index (χ3v) is 5.16. The van der Waals surface area contributed by atoms with Crippen molar-refractivity contribution >= 4 is 11.4 Å². The van der Waals surface area contributed by atoms with E-state index in [0.29, 0.717) is 23.7 Å². The molecule has 0 aliphatic carbocycles. The highest BCUT2D eigenvalue weighted by molar-refractivity contribution is 5.62. The normalized spacial score (nSPS) is 11.9. The molecule has 0 saturated heterocycles. The van der Waals surface area contributed by atoms with Crippen LogP contribution in [0.3, 0.4) is 0 Å². The molecule has 3 nitrogen and oxygen atoms in total. The van der Waals surface area contributed by atoms with Crippen LogP contribution in [0.1, 0.15) is 101 Å². The van der Waals surface area contributed by atoms with Gasteiger partial charge in [0, 0.05) is 11.4 Å². The van der Waals surface area contributed by atoms with E-state index in [-0.39, 0.29) is 0 Å². The number of nitrogen functional groups attached to an aromatic ring is 2. The molecule has 0 aromatic heterocycles. The summed E-state index contributed by atoms with van der Waals surface area (Å²) < 4.78 is 6.34. The van der Waals surface area contributed by atoms with Gasteiger partial charge >= 0.3 is 0 Å². The Morgan fingerprint density at radius 2 is 0.741 bits per heavy atom. The van der Waals surface area contributed by atoms with Crippen LogP contribution >= 0.6 is 0 Å². The van der Waals surface area contributed by atoms with E-state index in [4.69, 9.17) is 16.2 Å². The molecule has 0 amide bonds. The fourth-order valence-corrected chi connectivity index (χ4v) is 3.51. The van der Waals surface area contributed by atoms with Gasteiger partial charge in [-0.3, -0.25) is 0 Å². The molecular formula is C24H36N2O. The van der Waals surface area contributed by atoms with Crippen molar-refractivity contribution < 1.29 is 4.74 Å². The Kier molecular flexibility index (Phi) is 6.46. The van der Waals surface area contributed by atoms with Gasteiger partial charge in [-0.05, 0) is 70.2 Å². The molecule has 3 heteroatoms. The quantitative estimate of drug-likeness (QED) is 0.533. The first-order valence-corrected chi connectivity index (χ1v) is 10.1. The molecule has 4 N–H and O–H groups in total. The lowest BCUT2D eigenvalue weighted by Gasteiger charge is -2.21. The van der Waals surface area contributed by atoms with E-state index < -0.39 is 0 Å². The zero-order valence-corrected chi connectivity index (χ0v) is 18.2. The molecule has 148 valence electrons. The van der Waals surface area contributed by atoms with Crippen molar-refractivity contribution in [3.8, 4) is 11.5 Å². The summed E-state index contributed by atoms with van der Waals surface area (Å²) in [6, 6.07) is 8.30. The summed E-state index contributed by atoms with van der Waals surface area (Å²) in [5.74, 6) is 3.05. The fraction of sp³-hybridized carbons (Fsp3) is 0.500. The number of hydrogen-bond donors (Lipinski definition) is 2. The van der Waals surface area contributed by atoms with Gasteiger partial charge < -0.3 is 16.2 Å². The van der Waals surface area contributed by atoms with Crippen LogP contribution < -0.4 is 16.2 Å². The number of benzene rings is 2. The molecule has 0 heterocycles. The summed E-state index contributed by atoms with van der Waals surface area (Å²) in [6.45, 7) is 17.3. The molecular weight excluding hydrogens is 332 g/mol. The van der Waals surface area contributed by atoms with Gasteiger partial charge in [-0.15, -0.1) is 0 Å². The monoisotopic (exact) mass is 368 g/mol. The van der Waals surface area contributed by atoms with Crippen molar-refractivity contribution in [1.82, 2.24) is 0 Å². The van der Waals surface area contributed by atoms with Gasteiger partial charge in [0.25, 0.3) is 0 Å². The van der Waals surface area contributed by atoms with Gasteiger partial charge in [0.05, 0.1) is 0 Å². The number of rotatable bonds is 6. The predicted octanol–water partition coefficient (Wildman–Crippen LogP) is 7.14. The van der Waals surface area contributed by atoms with E-state index in [1.54, 1.807) is 0 Å². The molecule has 0 bridgehead atoms. The molecule has 2 aromatic carbocycles. The summed E-state index contributed by atoms with van der Waals surface area (Å²) in [7, 11) is 0. The van der Waals surface area contributed by atoms with Gasteiger partial charge in [-0.2, -0.15) is 0 Å². The van der Waals surface area contributed by atoms with Crippen molar-refractivity contribution in [2.24, 2.45) is 0 Å². The number of anilines is 2. The highest BCUT2D eigenvalue weighted by atomic mass is 16.5. The standard InChI is InChI=1S/C24H36N2O/c1-13(2)19-9-17(10-20(14(3)4)23(19)25)27-18-11-21(15(5)6)24(26)22(12-18)16(7)8/h9-16H,25-26H2,1-8H3. The summed E-state index contributed by atoms with van der Waals surface area (Å²) in [4.78, 5) is 0. The zero-order valence-electron chi connectivity index (χ0n) is 18.2. The van der Waals surface area contributed by atoms with Gasteiger partial charge in [0.2, 0.25) is 0 Å². The van der Waals surface area contributed by atoms with Crippen LogP contribution in [0.5, 0.6) is 11.5 Å². The van der Waals surface area contributed by atoms with Crippen molar-refractivity contribution in [1.29, 1.82) is 0 Å². The molecule has 0 fully saturated rings. The Balaban J connectivity index is 2.56. The maximum Gasteiger partial charge on any atom is 0.128 e. The van der Waals surface area contributed by atoms with Gasteiger partial charge in [-0.1, -0.05) is 55.4 Å². The topological polar surface area (TPSA) is 61.3 Å². The molecule has 0 radical (unpaired) electrons. The Morgan fingerprint density at radius 3 is 0.926 bits per heavy atom. The molecule has 0 spiro atoms. The maximum absolute atomic E-state index is 6.42. The van der Waals surface area contributed by atoms with Crippen molar-refractivity contribution in [3.05, 3.63) is 46.5 Å². The lowest BCUT2D eigenvalue weighted by molar-refractivity contribution is 0.478. The fourth-order valence-electron chi connectivity index (χ4n) is 3.51. The highest BCUT2D eigenvalue weighted by Gasteiger charge is 2.17. The minimum atomic E-state index is 0.343. The number of hydrogen-bond acceptors (Lipinski definition) is 3. The SMILES string of the molecule is CC(C)c1cc(Oc2cc(C(C)C)c(N)c(C(C)C)c2)cc(C(C)C)c1N. The van der Waals surface area contributed by atoms with Crippen LogP contribution in [0, 0.1) is 0 Å². The zero-order chi connectivity index (χ0) is 20.5. The van der Waals surface area contributed by atoms with E-state index in [2.05, 4.69) is 79.7 Å². The molecule has 0 unspecified atom stereocenters. The maximum atomic E-state index is 6.42. The lowest BCUT2D eigenvalue weighted by Crippen LogP contribution is -2.05. The molecule has 27 heavy (non-hydrogen) atoms. The van der Waals surface area contributed by atoms with E-state index in [1.807, 2.05) is 0 Å². The second-order valence-corrected chi connectivity index (χ2v) is 8.75.